The van der Waals surface area contributed by atoms with E-state index in [0.717, 1.165) is 18.7 Å². The number of furan rings is 1. The highest BCUT2D eigenvalue weighted by Gasteiger charge is 2.34. The SMILES string of the molecule is Cc1cc2c(o1)CC(C)(C)CC2NCC(C)C. The van der Waals surface area contributed by atoms with Gasteiger partial charge in [-0.15, -0.1) is 0 Å². The zero-order valence-electron chi connectivity index (χ0n) is 11.8. The molecule has 0 aliphatic heterocycles. The second-order valence-electron chi connectivity index (χ2n) is 6.64. The molecule has 0 radical (unpaired) electrons. The Morgan fingerprint density at radius 2 is 2.18 bits per heavy atom. The van der Waals surface area contributed by atoms with Crippen LogP contribution < -0.4 is 5.32 Å². The minimum absolute atomic E-state index is 0.339. The summed E-state index contributed by atoms with van der Waals surface area (Å²) in [5.41, 5.74) is 1.73. The summed E-state index contributed by atoms with van der Waals surface area (Å²) in [4.78, 5) is 0. The molecule has 1 aliphatic rings. The van der Waals surface area contributed by atoms with Crippen LogP contribution >= 0.6 is 0 Å². The van der Waals surface area contributed by atoms with Crippen LogP contribution in [0.2, 0.25) is 0 Å². The highest BCUT2D eigenvalue weighted by molar-refractivity contribution is 5.29. The topological polar surface area (TPSA) is 25.2 Å². The average molecular weight is 235 g/mol. The van der Waals surface area contributed by atoms with Crippen molar-refractivity contribution in [1.29, 1.82) is 0 Å². The third-order valence-corrected chi connectivity index (χ3v) is 3.51. The molecule has 1 unspecified atom stereocenters. The van der Waals surface area contributed by atoms with E-state index >= 15 is 0 Å². The zero-order chi connectivity index (χ0) is 12.6. The van der Waals surface area contributed by atoms with Crippen molar-refractivity contribution in [2.45, 2.75) is 53.5 Å². The van der Waals surface area contributed by atoms with Crippen molar-refractivity contribution in [2.24, 2.45) is 11.3 Å². The standard InChI is InChI=1S/C15H25NO/c1-10(2)9-16-13-7-15(4,5)8-14-12(13)6-11(3)17-14/h6,10,13,16H,7-9H2,1-5H3. The Bertz CT molecular complexity index is 390. The molecule has 1 aromatic rings. The molecule has 1 aliphatic carbocycles. The van der Waals surface area contributed by atoms with Gasteiger partial charge in [-0.3, -0.25) is 0 Å². The van der Waals surface area contributed by atoms with Crippen molar-refractivity contribution in [3.8, 4) is 0 Å². The molecule has 2 heteroatoms. The lowest BCUT2D eigenvalue weighted by atomic mass is 9.74. The summed E-state index contributed by atoms with van der Waals surface area (Å²) < 4.78 is 5.84. The molecular formula is C15H25NO. The normalized spacial score (nSPS) is 22.8. The van der Waals surface area contributed by atoms with Gasteiger partial charge in [0.25, 0.3) is 0 Å². The van der Waals surface area contributed by atoms with E-state index < -0.39 is 0 Å². The molecule has 2 rings (SSSR count). The molecule has 0 bridgehead atoms. The summed E-state index contributed by atoms with van der Waals surface area (Å²) in [5.74, 6) is 2.93. The summed E-state index contributed by atoms with van der Waals surface area (Å²) in [6.45, 7) is 12.3. The molecule has 1 aromatic heterocycles. The van der Waals surface area contributed by atoms with Crippen LogP contribution in [0.15, 0.2) is 10.5 Å². The molecular weight excluding hydrogens is 210 g/mol. The number of hydrogen-bond donors (Lipinski definition) is 1. The fourth-order valence-corrected chi connectivity index (χ4v) is 2.74. The van der Waals surface area contributed by atoms with Crippen LogP contribution in [0.4, 0.5) is 0 Å². The van der Waals surface area contributed by atoms with E-state index in [1.54, 1.807) is 0 Å². The van der Waals surface area contributed by atoms with Crippen molar-refractivity contribution < 1.29 is 4.42 Å². The third kappa shape index (κ3) is 2.92. The van der Waals surface area contributed by atoms with Crippen LogP contribution in [-0.2, 0) is 6.42 Å². The molecule has 0 saturated carbocycles. The average Bonchev–Trinajstić information content (AvgIpc) is 2.52. The Labute approximate surface area is 105 Å². The maximum Gasteiger partial charge on any atom is 0.109 e. The molecule has 0 aromatic carbocycles. The zero-order valence-corrected chi connectivity index (χ0v) is 11.8. The van der Waals surface area contributed by atoms with Gasteiger partial charge >= 0.3 is 0 Å². The predicted molar refractivity (Wildman–Crippen MR) is 71.1 cm³/mol. The first kappa shape index (κ1) is 12.7. The minimum Gasteiger partial charge on any atom is -0.466 e. The van der Waals surface area contributed by atoms with Gasteiger partial charge in [-0.05, 0) is 37.3 Å². The number of fused-ring (bicyclic) bond motifs is 1. The molecule has 96 valence electrons. The van der Waals surface area contributed by atoms with E-state index in [2.05, 4.69) is 39.1 Å². The largest absolute Gasteiger partial charge is 0.466 e. The van der Waals surface area contributed by atoms with Crippen LogP contribution in [0.3, 0.4) is 0 Å². The minimum atomic E-state index is 0.339. The number of hydrogen-bond acceptors (Lipinski definition) is 2. The summed E-state index contributed by atoms with van der Waals surface area (Å²) in [7, 11) is 0. The Morgan fingerprint density at radius 3 is 2.82 bits per heavy atom. The number of nitrogens with one attached hydrogen (secondary N) is 1. The first-order chi connectivity index (χ1) is 7.87. The lowest BCUT2D eigenvalue weighted by Gasteiger charge is -2.35. The Balaban J connectivity index is 2.20. The van der Waals surface area contributed by atoms with Gasteiger partial charge in [-0.2, -0.15) is 0 Å². The highest BCUT2D eigenvalue weighted by Crippen LogP contribution is 2.41. The van der Waals surface area contributed by atoms with Gasteiger partial charge in [0.05, 0.1) is 0 Å². The summed E-state index contributed by atoms with van der Waals surface area (Å²) in [6, 6.07) is 2.68. The van der Waals surface area contributed by atoms with Crippen LogP contribution in [0.1, 0.15) is 57.2 Å². The van der Waals surface area contributed by atoms with E-state index in [1.807, 2.05) is 6.92 Å². The van der Waals surface area contributed by atoms with E-state index in [0.29, 0.717) is 17.4 Å². The Morgan fingerprint density at radius 1 is 1.47 bits per heavy atom. The van der Waals surface area contributed by atoms with Crippen molar-refractivity contribution in [3.05, 3.63) is 23.2 Å². The van der Waals surface area contributed by atoms with Crippen LogP contribution in [0, 0.1) is 18.3 Å². The second kappa shape index (κ2) is 4.49. The van der Waals surface area contributed by atoms with Crippen molar-refractivity contribution in [1.82, 2.24) is 5.32 Å². The van der Waals surface area contributed by atoms with Gasteiger partial charge in [-0.1, -0.05) is 27.7 Å². The predicted octanol–water partition coefficient (Wildman–Crippen LogP) is 3.85. The van der Waals surface area contributed by atoms with Crippen LogP contribution in [-0.4, -0.2) is 6.54 Å². The monoisotopic (exact) mass is 235 g/mol. The lowest BCUT2D eigenvalue weighted by Crippen LogP contribution is -2.34. The van der Waals surface area contributed by atoms with Gasteiger partial charge in [-0.25, -0.2) is 0 Å². The molecule has 2 nitrogen and oxygen atoms in total. The lowest BCUT2D eigenvalue weighted by molar-refractivity contribution is 0.231. The molecule has 1 N–H and O–H groups in total. The fraction of sp³-hybridized carbons (Fsp3) is 0.733. The molecule has 0 saturated heterocycles. The maximum absolute atomic E-state index is 5.84. The maximum atomic E-state index is 5.84. The summed E-state index contributed by atoms with van der Waals surface area (Å²) in [5, 5.41) is 3.69. The first-order valence-corrected chi connectivity index (χ1v) is 6.70. The highest BCUT2D eigenvalue weighted by atomic mass is 16.3. The Kier molecular flexibility index (Phi) is 3.35. The van der Waals surface area contributed by atoms with Crippen LogP contribution in [0.25, 0.3) is 0 Å². The quantitative estimate of drug-likeness (QED) is 0.861. The van der Waals surface area contributed by atoms with E-state index in [4.69, 9.17) is 4.42 Å². The number of rotatable bonds is 3. The molecule has 0 amide bonds. The van der Waals surface area contributed by atoms with Gasteiger partial charge in [0.2, 0.25) is 0 Å². The molecule has 1 heterocycles. The fourth-order valence-electron chi connectivity index (χ4n) is 2.74. The number of aryl methyl sites for hydroxylation is 1. The van der Waals surface area contributed by atoms with Crippen molar-refractivity contribution in [3.63, 3.8) is 0 Å². The summed E-state index contributed by atoms with van der Waals surface area (Å²) in [6.07, 6.45) is 2.27. The molecule has 0 fully saturated rings. The van der Waals surface area contributed by atoms with E-state index in [-0.39, 0.29) is 0 Å². The Hall–Kier alpha value is -0.760. The van der Waals surface area contributed by atoms with E-state index in [1.165, 1.54) is 17.7 Å². The third-order valence-electron chi connectivity index (χ3n) is 3.51. The smallest absolute Gasteiger partial charge is 0.109 e. The summed E-state index contributed by atoms with van der Waals surface area (Å²) >= 11 is 0. The van der Waals surface area contributed by atoms with Gasteiger partial charge in [0.1, 0.15) is 11.5 Å². The second-order valence-corrected chi connectivity index (χ2v) is 6.64. The van der Waals surface area contributed by atoms with Gasteiger partial charge < -0.3 is 9.73 Å². The van der Waals surface area contributed by atoms with Crippen molar-refractivity contribution in [2.75, 3.05) is 6.54 Å². The van der Waals surface area contributed by atoms with Gasteiger partial charge in [0, 0.05) is 18.0 Å². The molecule has 1 atom stereocenters. The van der Waals surface area contributed by atoms with Gasteiger partial charge in [0.15, 0.2) is 0 Å². The van der Waals surface area contributed by atoms with Crippen LogP contribution in [0.5, 0.6) is 0 Å². The van der Waals surface area contributed by atoms with E-state index in [9.17, 15) is 0 Å². The molecule has 17 heavy (non-hydrogen) atoms. The van der Waals surface area contributed by atoms with Crippen molar-refractivity contribution >= 4 is 0 Å². The first-order valence-electron chi connectivity index (χ1n) is 6.70. The molecule has 0 spiro atoms.